The molecule has 0 saturated heterocycles. The number of primary amides is 1. The van der Waals surface area contributed by atoms with Gasteiger partial charge in [0.25, 0.3) is 5.56 Å². The smallest absolute Gasteiger partial charge is 0.422 e. The molecular formula is C22H19ClF4N4O3. The van der Waals surface area contributed by atoms with Gasteiger partial charge in [-0.2, -0.15) is 13.2 Å². The first-order valence-corrected chi connectivity index (χ1v) is 10.2. The highest BCUT2D eigenvalue weighted by molar-refractivity contribution is 6.33. The lowest BCUT2D eigenvalue weighted by Gasteiger charge is -2.21. The summed E-state index contributed by atoms with van der Waals surface area (Å²) in [7, 11) is 0. The monoisotopic (exact) mass is 498 g/mol. The van der Waals surface area contributed by atoms with Crippen molar-refractivity contribution in [3.05, 3.63) is 63.3 Å². The zero-order chi connectivity index (χ0) is 25.3. The number of H-pyrrole nitrogens is 1. The van der Waals surface area contributed by atoms with Gasteiger partial charge in [-0.15, -0.1) is 0 Å². The summed E-state index contributed by atoms with van der Waals surface area (Å²) in [5.41, 5.74) is 4.02. The number of aromatic amines is 1. The molecule has 0 aliphatic rings. The van der Waals surface area contributed by atoms with Gasteiger partial charge in [-0.1, -0.05) is 31.5 Å². The van der Waals surface area contributed by atoms with Crippen LogP contribution in [0.1, 0.15) is 19.4 Å². The number of amides is 1. The first-order valence-electron chi connectivity index (χ1n) is 9.81. The Morgan fingerprint density at radius 2 is 1.91 bits per heavy atom. The maximum atomic E-state index is 15.4. The van der Waals surface area contributed by atoms with Crippen molar-refractivity contribution in [1.82, 2.24) is 15.0 Å². The number of hydrogen-bond donors (Lipinski definition) is 2. The third kappa shape index (κ3) is 5.90. The van der Waals surface area contributed by atoms with Crippen LogP contribution < -0.4 is 16.0 Å². The quantitative estimate of drug-likeness (QED) is 0.472. The minimum atomic E-state index is -4.52. The van der Waals surface area contributed by atoms with E-state index in [-0.39, 0.29) is 45.5 Å². The number of ether oxygens (including phenoxy) is 1. The summed E-state index contributed by atoms with van der Waals surface area (Å²) in [5, 5.41) is -0.0348. The standard InChI is InChI=1S/C22H19ClF4N4O3/c1-21(2,20(28)33)8-11-3-5-13(23)17(18(11)24)19-30-14(7-15(32)31-19)12-4-6-16(29-9-12)34-10-22(25,26)27/h3-7,9H,8,10H2,1-2H3,(H2,28,33)(H,30,31,32). The number of carbonyl (C=O) groups excluding carboxylic acids is 1. The summed E-state index contributed by atoms with van der Waals surface area (Å²) < 4.78 is 56.8. The van der Waals surface area contributed by atoms with Crippen molar-refractivity contribution in [2.24, 2.45) is 11.1 Å². The van der Waals surface area contributed by atoms with Gasteiger partial charge < -0.3 is 15.5 Å². The number of halogens is 5. The van der Waals surface area contributed by atoms with Crippen LogP contribution in [0.15, 0.2) is 41.3 Å². The average molecular weight is 499 g/mol. The summed E-state index contributed by atoms with van der Waals surface area (Å²) in [6.07, 6.45) is -3.37. The van der Waals surface area contributed by atoms with Crippen molar-refractivity contribution in [2.45, 2.75) is 26.4 Å². The molecule has 3 N–H and O–H groups in total. The Hall–Kier alpha value is -3.47. The van der Waals surface area contributed by atoms with Gasteiger partial charge in [0.15, 0.2) is 6.61 Å². The third-order valence-corrected chi connectivity index (χ3v) is 5.18. The maximum Gasteiger partial charge on any atom is 0.422 e. The van der Waals surface area contributed by atoms with Crippen molar-refractivity contribution in [3.8, 4) is 28.5 Å². The molecule has 0 radical (unpaired) electrons. The van der Waals surface area contributed by atoms with E-state index in [0.29, 0.717) is 0 Å². The first-order chi connectivity index (χ1) is 15.8. The van der Waals surface area contributed by atoms with Crippen molar-refractivity contribution in [1.29, 1.82) is 0 Å². The first kappa shape index (κ1) is 25.2. The zero-order valence-electron chi connectivity index (χ0n) is 18.0. The van der Waals surface area contributed by atoms with Crippen LogP contribution in [-0.2, 0) is 11.2 Å². The molecule has 1 aromatic carbocycles. The van der Waals surface area contributed by atoms with Gasteiger partial charge in [0.05, 0.1) is 16.3 Å². The number of nitrogens with two attached hydrogens (primary N) is 1. The van der Waals surface area contributed by atoms with Gasteiger partial charge in [-0.05, 0) is 24.1 Å². The lowest BCUT2D eigenvalue weighted by Crippen LogP contribution is -2.33. The number of rotatable bonds is 7. The number of hydrogen-bond acceptors (Lipinski definition) is 5. The topological polar surface area (TPSA) is 111 Å². The minimum Gasteiger partial charge on any atom is -0.468 e. The fourth-order valence-corrected chi connectivity index (χ4v) is 3.24. The highest BCUT2D eigenvalue weighted by atomic mass is 35.5. The molecule has 12 heteroatoms. The molecule has 7 nitrogen and oxygen atoms in total. The van der Waals surface area contributed by atoms with Crippen LogP contribution in [0, 0.1) is 11.2 Å². The predicted octanol–water partition coefficient (Wildman–Crippen LogP) is 4.29. The van der Waals surface area contributed by atoms with E-state index in [4.69, 9.17) is 17.3 Å². The van der Waals surface area contributed by atoms with Crippen molar-refractivity contribution >= 4 is 17.5 Å². The lowest BCUT2D eigenvalue weighted by molar-refractivity contribution is -0.154. The van der Waals surface area contributed by atoms with Crippen molar-refractivity contribution in [2.75, 3.05) is 6.61 Å². The Labute approximate surface area is 196 Å². The second-order valence-corrected chi connectivity index (χ2v) is 8.50. The highest BCUT2D eigenvalue weighted by Crippen LogP contribution is 2.33. The zero-order valence-corrected chi connectivity index (χ0v) is 18.7. The van der Waals surface area contributed by atoms with Gasteiger partial charge >= 0.3 is 6.18 Å². The molecule has 0 aliphatic heterocycles. The van der Waals surface area contributed by atoms with E-state index in [9.17, 15) is 22.8 Å². The second-order valence-electron chi connectivity index (χ2n) is 8.09. The number of benzene rings is 1. The SMILES string of the molecule is CC(C)(Cc1ccc(Cl)c(-c2nc(-c3ccc(OCC(F)(F)F)nc3)cc(=O)[nH]2)c1F)C(N)=O. The normalized spacial score (nSPS) is 12.0. The largest absolute Gasteiger partial charge is 0.468 e. The Kier molecular flexibility index (Phi) is 6.97. The Morgan fingerprint density at radius 1 is 1.21 bits per heavy atom. The fraction of sp³-hybridized carbons (Fsp3) is 0.273. The van der Waals surface area contributed by atoms with E-state index in [1.165, 1.54) is 30.5 Å². The summed E-state index contributed by atoms with van der Waals surface area (Å²) in [6, 6.07) is 6.48. The van der Waals surface area contributed by atoms with E-state index >= 15 is 4.39 Å². The molecule has 0 spiro atoms. The molecule has 180 valence electrons. The van der Waals surface area contributed by atoms with Crippen LogP contribution >= 0.6 is 11.6 Å². The van der Waals surface area contributed by atoms with Gasteiger partial charge in [0, 0.05) is 29.3 Å². The molecule has 0 bridgehead atoms. The average Bonchev–Trinajstić information content (AvgIpc) is 2.74. The van der Waals surface area contributed by atoms with Gasteiger partial charge in [-0.25, -0.2) is 14.4 Å². The molecule has 1 amide bonds. The van der Waals surface area contributed by atoms with E-state index < -0.39 is 35.5 Å². The molecular weight excluding hydrogens is 480 g/mol. The van der Waals surface area contributed by atoms with Crippen molar-refractivity contribution < 1.29 is 27.1 Å². The number of nitrogens with one attached hydrogen (secondary N) is 1. The summed E-state index contributed by atoms with van der Waals surface area (Å²) >= 11 is 6.20. The highest BCUT2D eigenvalue weighted by Gasteiger charge is 2.29. The summed E-state index contributed by atoms with van der Waals surface area (Å²) in [4.78, 5) is 34.4. The van der Waals surface area contributed by atoms with E-state index in [0.717, 1.165) is 6.07 Å². The molecule has 34 heavy (non-hydrogen) atoms. The maximum absolute atomic E-state index is 15.4. The van der Waals surface area contributed by atoms with E-state index in [2.05, 4.69) is 19.7 Å². The number of aromatic nitrogens is 3. The number of alkyl halides is 3. The van der Waals surface area contributed by atoms with Crippen LogP contribution in [0.25, 0.3) is 22.6 Å². The fourth-order valence-electron chi connectivity index (χ4n) is 3.01. The van der Waals surface area contributed by atoms with E-state index in [1.807, 2.05) is 0 Å². The van der Waals surface area contributed by atoms with Crippen LogP contribution in [0.5, 0.6) is 5.88 Å². The van der Waals surface area contributed by atoms with Crippen LogP contribution in [0.3, 0.4) is 0 Å². The Bertz CT molecular complexity index is 1270. The summed E-state index contributed by atoms with van der Waals surface area (Å²) in [5.74, 6) is -1.85. The van der Waals surface area contributed by atoms with Gasteiger partial charge in [0.2, 0.25) is 11.8 Å². The number of pyridine rings is 1. The molecule has 3 rings (SSSR count). The summed E-state index contributed by atoms with van der Waals surface area (Å²) in [6.45, 7) is 1.63. The lowest BCUT2D eigenvalue weighted by atomic mass is 9.84. The number of nitrogens with zero attached hydrogens (tertiary/aromatic N) is 2. The van der Waals surface area contributed by atoms with Crippen LogP contribution in [0.2, 0.25) is 5.02 Å². The molecule has 0 fully saturated rings. The third-order valence-electron chi connectivity index (χ3n) is 4.86. The molecule has 0 saturated carbocycles. The van der Waals surface area contributed by atoms with Crippen LogP contribution in [-0.4, -0.2) is 33.6 Å². The van der Waals surface area contributed by atoms with Crippen molar-refractivity contribution in [3.63, 3.8) is 0 Å². The van der Waals surface area contributed by atoms with Crippen LogP contribution in [0.4, 0.5) is 17.6 Å². The predicted molar refractivity (Wildman–Crippen MR) is 117 cm³/mol. The number of carbonyl (C=O) groups is 1. The molecule has 2 heterocycles. The van der Waals surface area contributed by atoms with Gasteiger partial charge in [0.1, 0.15) is 11.6 Å². The molecule has 0 aliphatic carbocycles. The molecule has 2 aromatic heterocycles. The molecule has 3 aromatic rings. The van der Waals surface area contributed by atoms with E-state index in [1.54, 1.807) is 13.8 Å². The minimum absolute atomic E-state index is 0.0223. The Morgan fingerprint density at radius 3 is 2.50 bits per heavy atom. The second kappa shape index (κ2) is 9.41. The van der Waals surface area contributed by atoms with Gasteiger partial charge in [-0.3, -0.25) is 9.59 Å². The molecule has 0 atom stereocenters. The molecule has 0 unspecified atom stereocenters. The Balaban J connectivity index is 1.99.